The first-order chi connectivity index (χ1) is 11.2. The zero-order valence-electron chi connectivity index (χ0n) is 12.2. The number of benzene rings is 2. The van der Waals surface area contributed by atoms with Crippen molar-refractivity contribution in [1.82, 2.24) is 14.9 Å². The van der Waals surface area contributed by atoms with Crippen molar-refractivity contribution in [2.24, 2.45) is 0 Å². The van der Waals surface area contributed by atoms with E-state index in [1.807, 2.05) is 48.5 Å². The molecule has 1 aromatic heterocycles. The van der Waals surface area contributed by atoms with Crippen LogP contribution < -0.4 is 10.2 Å². The van der Waals surface area contributed by atoms with Crippen LogP contribution in [-0.4, -0.2) is 14.9 Å². The number of nitrogens with zero attached hydrogens (tertiary/aromatic N) is 2. The number of aromatic nitrogens is 3. The first-order valence-corrected chi connectivity index (χ1v) is 7.82. The van der Waals surface area contributed by atoms with Crippen molar-refractivity contribution in [2.45, 2.75) is 13.2 Å². The van der Waals surface area contributed by atoms with Crippen LogP contribution in [0.25, 0.3) is 0 Å². The minimum Gasteiger partial charge on any atom is -0.487 e. The largest absolute Gasteiger partial charge is 0.487 e. The Bertz CT molecular complexity index is 831. The highest BCUT2D eigenvalue weighted by atomic mass is 35.5. The maximum Gasteiger partial charge on any atom is 0.214 e. The molecule has 0 aliphatic rings. The molecular weight excluding hydrogens is 332 g/mol. The van der Waals surface area contributed by atoms with E-state index in [4.69, 9.17) is 28.6 Å². The molecule has 2 aromatic carbocycles. The Labute approximate surface area is 143 Å². The van der Waals surface area contributed by atoms with Gasteiger partial charge in [-0.1, -0.05) is 48.0 Å². The van der Waals surface area contributed by atoms with Crippen LogP contribution in [0.5, 0.6) is 5.75 Å². The molecule has 0 unspecified atom stereocenters. The van der Waals surface area contributed by atoms with Gasteiger partial charge in [0.1, 0.15) is 18.7 Å². The molecule has 3 rings (SSSR count). The molecule has 1 heterocycles. The van der Waals surface area contributed by atoms with E-state index in [0.717, 1.165) is 11.1 Å². The molecule has 0 amide bonds. The molecule has 0 spiro atoms. The van der Waals surface area contributed by atoms with Gasteiger partial charge >= 0.3 is 0 Å². The van der Waals surface area contributed by atoms with E-state index in [0.29, 0.717) is 28.7 Å². The van der Waals surface area contributed by atoms with Gasteiger partial charge in [0.05, 0.1) is 11.6 Å². The Morgan fingerprint density at radius 2 is 2.00 bits per heavy atom. The topological polar surface area (TPSA) is 54.9 Å². The second-order valence-corrected chi connectivity index (χ2v) is 5.70. The van der Waals surface area contributed by atoms with Crippen LogP contribution in [0, 0.1) is 4.77 Å². The summed E-state index contributed by atoms with van der Waals surface area (Å²) >= 11 is 11.4. The Balaban J connectivity index is 1.61. The zero-order chi connectivity index (χ0) is 16.1. The summed E-state index contributed by atoms with van der Waals surface area (Å²) in [7, 11) is 0. The van der Waals surface area contributed by atoms with Crippen molar-refractivity contribution in [1.29, 1.82) is 0 Å². The van der Waals surface area contributed by atoms with E-state index in [-0.39, 0.29) is 0 Å². The van der Waals surface area contributed by atoms with Gasteiger partial charge in [-0.3, -0.25) is 5.10 Å². The minimum absolute atomic E-state index is 0.488. The number of ether oxygens (including phenoxy) is 1. The average molecular weight is 347 g/mol. The molecule has 7 heteroatoms. The third-order valence-electron chi connectivity index (χ3n) is 3.24. The fourth-order valence-corrected chi connectivity index (χ4v) is 2.47. The lowest BCUT2D eigenvalue weighted by molar-refractivity contribution is 0.306. The highest BCUT2D eigenvalue weighted by molar-refractivity contribution is 7.71. The van der Waals surface area contributed by atoms with E-state index in [1.165, 1.54) is 0 Å². The maximum atomic E-state index is 6.29. The van der Waals surface area contributed by atoms with Gasteiger partial charge < -0.3 is 10.2 Å². The van der Waals surface area contributed by atoms with E-state index in [2.05, 4.69) is 15.6 Å². The predicted octanol–water partition coefficient (Wildman–Crippen LogP) is 3.92. The van der Waals surface area contributed by atoms with Gasteiger partial charge in [-0.2, -0.15) is 5.10 Å². The van der Waals surface area contributed by atoms with E-state index in [9.17, 15) is 0 Å². The monoisotopic (exact) mass is 346 g/mol. The van der Waals surface area contributed by atoms with Gasteiger partial charge in [0.25, 0.3) is 0 Å². The van der Waals surface area contributed by atoms with E-state index in [1.54, 1.807) is 11.0 Å². The lowest BCUT2D eigenvalue weighted by Crippen LogP contribution is -2.13. The third kappa shape index (κ3) is 4.12. The molecule has 118 valence electrons. The van der Waals surface area contributed by atoms with E-state index < -0.39 is 0 Å². The van der Waals surface area contributed by atoms with Crippen LogP contribution in [0.3, 0.4) is 0 Å². The summed E-state index contributed by atoms with van der Waals surface area (Å²) in [6.07, 6.45) is 1.58. The first kappa shape index (κ1) is 15.6. The number of aromatic amines is 1. The number of rotatable bonds is 6. The van der Waals surface area contributed by atoms with E-state index >= 15 is 0 Å². The summed E-state index contributed by atoms with van der Waals surface area (Å²) in [5.41, 5.74) is 5.25. The van der Waals surface area contributed by atoms with Gasteiger partial charge in [-0.05, 0) is 35.5 Å². The van der Waals surface area contributed by atoms with Gasteiger partial charge in [0.2, 0.25) is 4.77 Å². The number of nitrogens with one attached hydrogen (secondary N) is 2. The molecular formula is C16H15ClN4OS. The van der Waals surface area contributed by atoms with Crippen LogP contribution in [0.1, 0.15) is 11.1 Å². The molecule has 5 nitrogen and oxygen atoms in total. The fraction of sp³-hybridized carbons (Fsp3) is 0.125. The second-order valence-electron chi connectivity index (χ2n) is 4.91. The van der Waals surface area contributed by atoms with Crippen LogP contribution in [0.4, 0.5) is 0 Å². The van der Waals surface area contributed by atoms with Crippen LogP contribution >= 0.6 is 23.8 Å². The first-order valence-electron chi connectivity index (χ1n) is 7.03. The fourth-order valence-electron chi connectivity index (χ4n) is 2.04. The number of halogens is 1. The summed E-state index contributed by atoms with van der Waals surface area (Å²) in [4.78, 5) is 0. The predicted molar refractivity (Wildman–Crippen MR) is 92.7 cm³/mol. The SMILES string of the molecule is S=c1[nH]ncn1NCc1ccc(OCc2ccccc2)c(Cl)c1. The lowest BCUT2D eigenvalue weighted by Gasteiger charge is -2.11. The number of hydrogen-bond donors (Lipinski definition) is 2. The van der Waals surface area contributed by atoms with Crippen molar-refractivity contribution >= 4 is 23.8 Å². The van der Waals surface area contributed by atoms with Gasteiger partial charge in [0, 0.05) is 0 Å². The number of hydrogen-bond acceptors (Lipinski definition) is 4. The van der Waals surface area contributed by atoms with Crippen LogP contribution in [0.2, 0.25) is 5.02 Å². The van der Waals surface area contributed by atoms with Crippen molar-refractivity contribution in [3.05, 3.63) is 75.8 Å². The summed E-state index contributed by atoms with van der Waals surface area (Å²) < 4.78 is 7.91. The van der Waals surface area contributed by atoms with Gasteiger partial charge in [-0.25, -0.2) is 4.68 Å². The highest BCUT2D eigenvalue weighted by Gasteiger charge is 2.04. The quantitative estimate of drug-likeness (QED) is 0.664. The summed E-state index contributed by atoms with van der Waals surface area (Å²) in [5, 5.41) is 7.10. The molecule has 0 aliphatic heterocycles. The zero-order valence-corrected chi connectivity index (χ0v) is 13.8. The van der Waals surface area contributed by atoms with Crippen molar-refractivity contribution in [2.75, 3.05) is 5.43 Å². The summed E-state index contributed by atoms with van der Waals surface area (Å²) in [5.74, 6) is 0.666. The van der Waals surface area contributed by atoms with Crippen LogP contribution in [0.15, 0.2) is 54.9 Å². The van der Waals surface area contributed by atoms with Crippen molar-refractivity contribution < 1.29 is 4.74 Å². The molecule has 0 fully saturated rings. The maximum absolute atomic E-state index is 6.29. The Morgan fingerprint density at radius 1 is 1.17 bits per heavy atom. The molecule has 0 radical (unpaired) electrons. The molecule has 23 heavy (non-hydrogen) atoms. The second kappa shape index (κ2) is 7.30. The highest BCUT2D eigenvalue weighted by Crippen LogP contribution is 2.26. The Kier molecular flexibility index (Phi) is 4.95. The Morgan fingerprint density at radius 3 is 2.70 bits per heavy atom. The summed E-state index contributed by atoms with van der Waals surface area (Å²) in [6, 6.07) is 15.7. The third-order valence-corrected chi connectivity index (χ3v) is 3.82. The van der Waals surface area contributed by atoms with Gasteiger partial charge in [-0.15, -0.1) is 0 Å². The summed E-state index contributed by atoms with van der Waals surface area (Å²) in [6.45, 7) is 1.06. The molecule has 0 bridgehead atoms. The molecule has 3 aromatic rings. The smallest absolute Gasteiger partial charge is 0.214 e. The number of H-pyrrole nitrogens is 1. The molecule has 0 atom stereocenters. The van der Waals surface area contributed by atoms with Crippen molar-refractivity contribution in [3.63, 3.8) is 0 Å². The Hall–Kier alpha value is -2.31. The minimum atomic E-state index is 0.488. The van der Waals surface area contributed by atoms with Gasteiger partial charge in [0.15, 0.2) is 0 Å². The molecule has 0 saturated heterocycles. The van der Waals surface area contributed by atoms with Crippen molar-refractivity contribution in [3.8, 4) is 5.75 Å². The lowest BCUT2D eigenvalue weighted by atomic mass is 10.2. The normalized spacial score (nSPS) is 10.5. The standard InChI is InChI=1S/C16H15ClN4OS/c17-14-8-13(9-19-21-11-18-20-16(21)23)6-7-15(14)22-10-12-4-2-1-3-5-12/h1-8,11,19H,9-10H2,(H,20,23). The molecule has 2 N–H and O–H groups in total. The molecule has 0 saturated carbocycles. The van der Waals surface area contributed by atoms with Crippen LogP contribution in [-0.2, 0) is 13.2 Å². The molecule has 0 aliphatic carbocycles. The average Bonchev–Trinajstić information content (AvgIpc) is 2.98.